The average molecular weight is 228 g/mol. The van der Waals surface area contributed by atoms with Gasteiger partial charge in [-0.25, -0.2) is 9.21 Å². The minimum Gasteiger partial charge on any atom is -0.480 e. The zero-order chi connectivity index (χ0) is 11.4. The predicted octanol–water partition coefficient (Wildman–Crippen LogP) is 1.76. The summed E-state index contributed by atoms with van der Waals surface area (Å²) in [5.41, 5.74) is 0.362. The fourth-order valence-corrected chi connectivity index (χ4v) is 1.16. The van der Waals surface area contributed by atoms with Gasteiger partial charge in [-0.2, -0.15) is 0 Å². The van der Waals surface area contributed by atoms with Gasteiger partial charge in [-0.1, -0.05) is 18.2 Å². The molecule has 5 heteroatoms. The number of aliphatic carboxylic acids is 1. The summed E-state index contributed by atoms with van der Waals surface area (Å²) in [5, 5.41) is 8.67. The zero-order valence-electron chi connectivity index (χ0n) is 8.05. The number of hydrogen-bond donors (Lipinski definition) is 1. The van der Waals surface area contributed by atoms with Crippen LogP contribution in [-0.2, 0) is 4.79 Å². The molecule has 0 radical (unpaired) electrons. The number of carboxylic acid groups (broad SMARTS) is 1. The standard InChI is InChI=1S/C10H10ClNO3/c1-7(10(14)15)12(11)9(13)8-5-3-2-4-6-8/h2-7H,1H3,(H,14,15). The Balaban J connectivity index is 2.82. The van der Waals surface area contributed by atoms with Crippen molar-refractivity contribution in [3.63, 3.8) is 0 Å². The van der Waals surface area contributed by atoms with Crippen LogP contribution < -0.4 is 0 Å². The number of carboxylic acids is 1. The van der Waals surface area contributed by atoms with E-state index in [2.05, 4.69) is 0 Å². The first-order valence-corrected chi connectivity index (χ1v) is 4.65. The van der Waals surface area contributed by atoms with Crippen LogP contribution in [0.3, 0.4) is 0 Å². The van der Waals surface area contributed by atoms with Gasteiger partial charge in [0.05, 0.1) is 0 Å². The maximum atomic E-state index is 11.6. The Morgan fingerprint density at radius 1 is 1.33 bits per heavy atom. The van der Waals surface area contributed by atoms with E-state index in [1.165, 1.54) is 6.92 Å². The minimum atomic E-state index is -1.14. The molecular formula is C10H10ClNO3. The molecule has 4 nitrogen and oxygen atoms in total. The molecule has 0 saturated heterocycles. The molecule has 80 valence electrons. The third-order valence-electron chi connectivity index (χ3n) is 1.91. The van der Waals surface area contributed by atoms with Crippen molar-refractivity contribution < 1.29 is 14.7 Å². The van der Waals surface area contributed by atoms with Gasteiger partial charge in [-0.15, -0.1) is 0 Å². The number of halogens is 1. The van der Waals surface area contributed by atoms with Gasteiger partial charge < -0.3 is 5.11 Å². The molecule has 1 unspecified atom stereocenters. The van der Waals surface area contributed by atoms with Crippen LogP contribution in [0.15, 0.2) is 30.3 Å². The van der Waals surface area contributed by atoms with Crippen molar-refractivity contribution in [1.82, 2.24) is 4.42 Å². The van der Waals surface area contributed by atoms with Crippen molar-refractivity contribution in [3.05, 3.63) is 35.9 Å². The lowest BCUT2D eigenvalue weighted by Crippen LogP contribution is -2.36. The lowest BCUT2D eigenvalue weighted by Gasteiger charge is -2.17. The molecule has 1 aromatic carbocycles. The summed E-state index contributed by atoms with van der Waals surface area (Å²) in [5.74, 6) is -1.67. The van der Waals surface area contributed by atoms with Crippen molar-refractivity contribution in [2.75, 3.05) is 0 Å². The smallest absolute Gasteiger partial charge is 0.327 e. The van der Waals surface area contributed by atoms with E-state index in [0.29, 0.717) is 9.98 Å². The second-order valence-corrected chi connectivity index (χ2v) is 3.36. The van der Waals surface area contributed by atoms with Crippen LogP contribution in [0.1, 0.15) is 17.3 Å². The van der Waals surface area contributed by atoms with Crippen LogP contribution in [0.25, 0.3) is 0 Å². The van der Waals surface area contributed by atoms with Crippen LogP contribution in [0.4, 0.5) is 0 Å². The Hall–Kier alpha value is -1.55. The fraction of sp³-hybridized carbons (Fsp3) is 0.200. The minimum absolute atomic E-state index is 0.362. The second kappa shape index (κ2) is 4.79. The van der Waals surface area contributed by atoms with E-state index >= 15 is 0 Å². The molecule has 0 aromatic heterocycles. The molecule has 1 aromatic rings. The molecule has 0 aliphatic rings. The number of carbonyl (C=O) groups is 2. The number of benzene rings is 1. The molecule has 0 aliphatic carbocycles. The summed E-state index contributed by atoms with van der Waals surface area (Å²) in [6.07, 6.45) is 0. The topological polar surface area (TPSA) is 57.6 Å². The highest BCUT2D eigenvalue weighted by Crippen LogP contribution is 2.11. The maximum Gasteiger partial charge on any atom is 0.327 e. The Bertz CT molecular complexity index is 366. The fourth-order valence-electron chi connectivity index (χ4n) is 0.977. The Morgan fingerprint density at radius 2 is 1.87 bits per heavy atom. The van der Waals surface area contributed by atoms with Crippen LogP contribution in [-0.4, -0.2) is 27.4 Å². The average Bonchev–Trinajstić information content (AvgIpc) is 2.27. The van der Waals surface area contributed by atoms with Crippen LogP contribution in [0, 0.1) is 0 Å². The quantitative estimate of drug-likeness (QED) is 0.801. The first-order chi connectivity index (χ1) is 7.04. The number of carbonyl (C=O) groups excluding carboxylic acids is 1. The summed E-state index contributed by atoms with van der Waals surface area (Å²) in [6.45, 7) is 1.34. The number of rotatable bonds is 3. The Labute approximate surface area is 92.2 Å². The van der Waals surface area contributed by atoms with E-state index in [-0.39, 0.29) is 0 Å². The lowest BCUT2D eigenvalue weighted by molar-refractivity contribution is -0.140. The molecule has 1 N–H and O–H groups in total. The van der Waals surface area contributed by atoms with Crippen LogP contribution in [0.5, 0.6) is 0 Å². The Morgan fingerprint density at radius 3 is 2.33 bits per heavy atom. The van der Waals surface area contributed by atoms with Gasteiger partial charge in [0.25, 0.3) is 5.91 Å². The van der Waals surface area contributed by atoms with E-state index in [0.717, 1.165) is 0 Å². The molecular weight excluding hydrogens is 218 g/mol. The van der Waals surface area contributed by atoms with Gasteiger partial charge in [-0.05, 0) is 19.1 Å². The second-order valence-electron chi connectivity index (χ2n) is 3.00. The maximum absolute atomic E-state index is 11.6. The highest BCUT2D eigenvalue weighted by Gasteiger charge is 2.24. The SMILES string of the molecule is CC(C(=O)O)N(Cl)C(=O)c1ccccc1. The molecule has 0 fully saturated rings. The number of amides is 1. The molecule has 0 saturated carbocycles. The van der Waals surface area contributed by atoms with E-state index < -0.39 is 17.9 Å². The monoisotopic (exact) mass is 227 g/mol. The molecule has 15 heavy (non-hydrogen) atoms. The normalized spacial score (nSPS) is 11.9. The van der Waals surface area contributed by atoms with E-state index in [1.807, 2.05) is 0 Å². The molecule has 1 atom stereocenters. The first-order valence-electron chi connectivity index (χ1n) is 4.31. The molecule has 0 aliphatic heterocycles. The largest absolute Gasteiger partial charge is 0.480 e. The highest BCUT2D eigenvalue weighted by molar-refractivity contribution is 6.25. The van der Waals surface area contributed by atoms with Crippen molar-refractivity contribution in [3.8, 4) is 0 Å². The van der Waals surface area contributed by atoms with E-state index in [9.17, 15) is 9.59 Å². The van der Waals surface area contributed by atoms with Crippen LogP contribution >= 0.6 is 11.8 Å². The predicted molar refractivity (Wildman–Crippen MR) is 55.6 cm³/mol. The van der Waals surface area contributed by atoms with Crippen LogP contribution in [0.2, 0.25) is 0 Å². The summed E-state index contributed by atoms with van der Waals surface area (Å²) < 4.78 is 0.678. The van der Waals surface area contributed by atoms with Gasteiger partial charge in [0.2, 0.25) is 0 Å². The van der Waals surface area contributed by atoms with Crippen molar-refractivity contribution >= 4 is 23.7 Å². The molecule has 0 bridgehead atoms. The third-order valence-corrected chi connectivity index (χ3v) is 2.36. The van der Waals surface area contributed by atoms with E-state index in [4.69, 9.17) is 16.9 Å². The van der Waals surface area contributed by atoms with Gasteiger partial charge >= 0.3 is 5.97 Å². The summed E-state index contributed by atoms with van der Waals surface area (Å²) >= 11 is 5.61. The number of nitrogens with zero attached hydrogens (tertiary/aromatic N) is 1. The summed E-state index contributed by atoms with van der Waals surface area (Å²) in [7, 11) is 0. The van der Waals surface area contributed by atoms with Crippen molar-refractivity contribution in [2.24, 2.45) is 0 Å². The Kier molecular flexibility index (Phi) is 3.68. The molecule has 0 spiro atoms. The number of hydrogen-bond acceptors (Lipinski definition) is 2. The summed E-state index contributed by atoms with van der Waals surface area (Å²) in [6, 6.07) is 7.22. The van der Waals surface area contributed by atoms with Gasteiger partial charge in [0.1, 0.15) is 6.04 Å². The molecule has 1 rings (SSSR count). The van der Waals surface area contributed by atoms with Gasteiger partial charge in [0, 0.05) is 17.3 Å². The zero-order valence-corrected chi connectivity index (χ0v) is 8.81. The highest BCUT2D eigenvalue weighted by atomic mass is 35.5. The first kappa shape index (κ1) is 11.5. The van der Waals surface area contributed by atoms with Crippen molar-refractivity contribution in [1.29, 1.82) is 0 Å². The lowest BCUT2D eigenvalue weighted by atomic mass is 10.2. The van der Waals surface area contributed by atoms with Gasteiger partial charge in [-0.3, -0.25) is 4.79 Å². The van der Waals surface area contributed by atoms with Gasteiger partial charge in [0.15, 0.2) is 0 Å². The molecule has 0 heterocycles. The molecule has 1 amide bonds. The summed E-state index contributed by atoms with van der Waals surface area (Å²) in [4.78, 5) is 22.2. The third kappa shape index (κ3) is 2.70. The van der Waals surface area contributed by atoms with E-state index in [1.54, 1.807) is 30.3 Å². The van der Waals surface area contributed by atoms with Crippen molar-refractivity contribution in [2.45, 2.75) is 13.0 Å².